The molecular formula is C9H15N3O3. The summed E-state index contributed by atoms with van der Waals surface area (Å²) in [5, 5.41) is 3.05. The number of hydrogen-bond donors (Lipinski definition) is 2. The van der Waals surface area contributed by atoms with E-state index in [9.17, 15) is 14.4 Å². The largest absolute Gasteiger partial charge is 0.343 e. The molecule has 2 N–H and O–H groups in total. The highest BCUT2D eigenvalue weighted by Crippen LogP contribution is 2.17. The van der Waals surface area contributed by atoms with Gasteiger partial charge in [-0.05, 0) is 5.41 Å². The van der Waals surface area contributed by atoms with Crippen LogP contribution in [-0.4, -0.2) is 29.4 Å². The average Bonchev–Trinajstić information content (AvgIpc) is 2.25. The molecule has 0 aliphatic carbocycles. The highest BCUT2D eigenvalue weighted by Gasteiger charge is 2.28. The fourth-order valence-electron chi connectivity index (χ4n) is 1.20. The highest BCUT2D eigenvalue weighted by atomic mass is 16.2. The van der Waals surface area contributed by atoms with Crippen LogP contribution in [0.2, 0.25) is 0 Å². The fraction of sp³-hybridized carbons (Fsp3) is 0.667. The Morgan fingerprint density at radius 1 is 1.47 bits per heavy atom. The molecule has 0 bridgehead atoms. The minimum atomic E-state index is -0.581. The molecule has 0 aromatic carbocycles. The molecule has 4 amide bonds. The standard InChI is InChI=1S/C9H15N3O3/c1-9(2,3)4-6(13)11-12-5-7(14)10-8(12)15/h4-5H2,1-3H3,(H,11,13)(H,10,14,15). The van der Waals surface area contributed by atoms with E-state index >= 15 is 0 Å². The second kappa shape index (κ2) is 3.88. The lowest BCUT2D eigenvalue weighted by atomic mass is 9.92. The van der Waals surface area contributed by atoms with Gasteiger partial charge in [0, 0.05) is 6.42 Å². The van der Waals surface area contributed by atoms with Gasteiger partial charge in [-0.1, -0.05) is 20.8 Å². The first-order valence-corrected chi connectivity index (χ1v) is 4.69. The van der Waals surface area contributed by atoms with Crippen LogP contribution in [0.15, 0.2) is 0 Å². The second-order valence-electron chi connectivity index (χ2n) is 4.71. The monoisotopic (exact) mass is 213 g/mol. The third-order valence-electron chi connectivity index (χ3n) is 1.74. The molecule has 1 saturated heterocycles. The summed E-state index contributed by atoms with van der Waals surface area (Å²) in [5.41, 5.74) is 2.23. The van der Waals surface area contributed by atoms with Crippen molar-refractivity contribution in [2.45, 2.75) is 27.2 Å². The zero-order valence-electron chi connectivity index (χ0n) is 9.09. The molecule has 0 unspecified atom stereocenters. The average molecular weight is 213 g/mol. The van der Waals surface area contributed by atoms with Crippen LogP contribution >= 0.6 is 0 Å². The van der Waals surface area contributed by atoms with Gasteiger partial charge >= 0.3 is 6.03 Å². The molecule has 1 fully saturated rings. The summed E-state index contributed by atoms with van der Waals surface area (Å²) in [7, 11) is 0. The zero-order chi connectivity index (χ0) is 11.6. The topological polar surface area (TPSA) is 78.5 Å². The summed E-state index contributed by atoms with van der Waals surface area (Å²) in [6.45, 7) is 5.64. The van der Waals surface area contributed by atoms with Crippen molar-refractivity contribution >= 4 is 17.8 Å². The summed E-state index contributed by atoms with van der Waals surface area (Å²) >= 11 is 0. The van der Waals surface area contributed by atoms with Crippen molar-refractivity contribution in [3.63, 3.8) is 0 Å². The minimum absolute atomic E-state index is 0.116. The molecular weight excluding hydrogens is 198 g/mol. The molecule has 6 nitrogen and oxygen atoms in total. The molecule has 0 spiro atoms. The van der Waals surface area contributed by atoms with E-state index in [1.54, 1.807) is 0 Å². The smallest absolute Gasteiger partial charge is 0.275 e. The first kappa shape index (κ1) is 11.5. The van der Waals surface area contributed by atoms with Gasteiger partial charge in [0.15, 0.2) is 0 Å². The summed E-state index contributed by atoms with van der Waals surface area (Å²) in [5.74, 6) is -0.677. The van der Waals surface area contributed by atoms with Crippen molar-refractivity contribution in [3.8, 4) is 0 Å². The van der Waals surface area contributed by atoms with E-state index in [2.05, 4.69) is 10.7 Å². The number of rotatable bonds is 2. The van der Waals surface area contributed by atoms with Gasteiger partial charge in [-0.3, -0.25) is 20.3 Å². The SMILES string of the molecule is CC(C)(C)CC(=O)NN1CC(=O)NC1=O. The lowest BCUT2D eigenvalue weighted by molar-refractivity contribution is -0.126. The molecule has 0 radical (unpaired) electrons. The van der Waals surface area contributed by atoms with Crippen molar-refractivity contribution in [2.24, 2.45) is 5.41 Å². The van der Waals surface area contributed by atoms with Crippen LogP contribution in [0, 0.1) is 5.41 Å². The number of carbonyl (C=O) groups excluding carboxylic acids is 3. The van der Waals surface area contributed by atoms with Crippen LogP contribution < -0.4 is 10.7 Å². The van der Waals surface area contributed by atoms with Crippen molar-refractivity contribution in [1.82, 2.24) is 15.8 Å². The summed E-state index contributed by atoms with van der Waals surface area (Å²) < 4.78 is 0. The normalized spacial score (nSPS) is 16.6. The van der Waals surface area contributed by atoms with E-state index in [1.165, 1.54) is 0 Å². The Morgan fingerprint density at radius 2 is 2.07 bits per heavy atom. The maximum absolute atomic E-state index is 11.4. The van der Waals surface area contributed by atoms with Crippen LogP contribution in [0.3, 0.4) is 0 Å². The summed E-state index contributed by atoms with van der Waals surface area (Å²) in [6, 6.07) is -0.581. The van der Waals surface area contributed by atoms with E-state index in [-0.39, 0.29) is 17.9 Å². The molecule has 1 heterocycles. The Hall–Kier alpha value is -1.59. The number of hydrogen-bond acceptors (Lipinski definition) is 3. The number of nitrogens with zero attached hydrogens (tertiary/aromatic N) is 1. The lowest BCUT2D eigenvalue weighted by Gasteiger charge is -2.20. The Kier molecular flexibility index (Phi) is 2.97. The first-order chi connectivity index (χ1) is 6.78. The Bertz CT molecular complexity index is 306. The van der Waals surface area contributed by atoms with Crippen LogP contribution in [0.5, 0.6) is 0 Å². The number of hydrazine groups is 1. The lowest BCUT2D eigenvalue weighted by Crippen LogP contribution is -2.45. The number of carbonyl (C=O) groups is 3. The van der Waals surface area contributed by atoms with Gasteiger partial charge in [-0.25, -0.2) is 9.80 Å². The van der Waals surface area contributed by atoms with Gasteiger partial charge in [-0.15, -0.1) is 0 Å². The van der Waals surface area contributed by atoms with Crippen molar-refractivity contribution in [2.75, 3.05) is 6.54 Å². The molecule has 1 aliphatic rings. The highest BCUT2D eigenvalue weighted by molar-refractivity contribution is 6.02. The molecule has 1 rings (SSSR count). The Balaban J connectivity index is 2.45. The van der Waals surface area contributed by atoms with Gasteiger partial charge in [0.2, 0.25) is 11.8 Å². The van der Waals surface area contributed by atoms with Crippen LogP contribution in [0.25, 0.3) is 0 Å². The van der Waals surface area contributed by atoms with Gasteiger partial charge in [0.25, 0.3) is 0 Å². The minimum Gasteiger partial charge on any atom is -0.275 e. The number of urea groups is 1. The zero-order valence-corrected chi connectivity index (χ0v) is 9.09. The molecule has 0 aromatic heterocycles. The van der Waals surface area contributed by atoms with Crippen molar-refractivity contribution < 1.29 is 14.4 Å². The summed E-state index contributed by atoms with van der Waals surface area (Å²) in [6.07, 6.45) is 0.297. The predicted octanol–water partition coefficient (Wildman–Crippen LogP) is 0.00560. The van der Waals surface area contributed by atoms with Gasteiger partial charge in [-0.2, -0.15) is 0 Å². The third-order valence-corrected chi connectivity index (χ3v) is 1.74. The van der Waals surface area contributed by atoms with Crippen LogP contribution in [0.1, 0.15) is 27.2 Å². The number of imide groups is 1. The molecule has 15 heavy (non-hydrogen) atoms. The number of nitrogens with one attached hydrogen (secondary N) is 2. The van der Waals surface area contributed by atoms with E-state index in [0.717, 1.165) is 5.01 Å². The van der Waals surface area contributed by atoms with E-state index in [1.807, 2.05) is 20.8 Å². The fourth-order valence-corrected chi connectivity index (χ4v) is 1.20. The molecule has 6 heteroatoms. The summed E-state index contributed by atoms with van der Waals surface area (Å²) in [4.78, 5) is 33.3. The van der Waals surface area contributed by atoms with E-state index in [4.69, 9.17) is 0 Å². The quantitative estimate of drug-likeness (QED) is 0.634. The molecule has 0 saturated carbocycles. The van der Waals surface area contributed by atoms with Crippen LogP contribution in [0.4, 0.5) is 4.79 Å². The van der Waals surface area contributed by atoms with Gasteiger partial charge in [0.05, 0.1) is 0 Å². The van der Waals surface area contributed by atoms with E-state index < -0.39 is 11.9 Å². The maximum atomic E-state index is 11.4. The molecule has 1 aliphatic heterocycles. The predicted molar refractivity (Wildman–Crippen MR) is 52.5 cm³/mol. The first-order valence-electron chi connectivity index (χ1n) is 4.69. The van der Waals surface area contributed by atoms with Gasteiger partial charge < -0.3 is 0 Å². The Labute approximate surface area is 88.0 Å². The Morgan fingerprint density at radius 3 is 2.47 bits per heavy atom. The third kappa shape index (κ3) is 3.57. The van der Waals surface area contributed by atoms with Gasteiger partial charge in [0.1, 0.15) is 6.54 Å². The number of amides is 4. The van der Waals surface area contributed by atoms with Crippen molar-refractivity contribution in [3.05, 3.63) is 0 Å². The molecule has 84 valence electrons. The molecule has 0 atom stereocenters. The van der Waals surface area contributed by atoms with Crippen molar-refractivity contribution in [1.29, 1.82) is 0 Å². The van der Waals surface area contributed by atoms with Crippen LogP contribution in [-0.2, 0) is 9.59 Å². The van der Waals surface area contributed by atoms with E-state index in [0.29, 0.717) is 6.42 Å². The second-order valence-corrected chi connectivity index (χ2v) is 4.71. The molecule has 0 aromatic rings. The maximum Gasteiger partial charge on any atom is 0.343 e.